The van der Waals surface area contributed by atoms with E-state index in [0.717, 1.165) is 0 Å². The number of hydrogen-bond acceptors (Lipinski definition) is 3. The molecule has 1 atom stereocenters. The third-order valence-electron chi connectivity index (χ3n) is 1.88. The Morgan fingerprint density at radius 1 is 1.19 bits per heavy atom. The Labute approximate surface area is 94.8 Å². The zero-order valence-electron chi connectivity index (χ0n) is 9.52. The molecule has 0 heterocycles. The molecule has 0 aliphatic carbocycles. The van der Waals surface area contributed by atoms with Gasteiger partial charge >= 0.3 is 0 Å². The second-order valence-corrected chi connectivity index (χ2v) is 3.80. The van der Waals surface area contributed by atoms with Gasteiger partial charge in [0.15, 0.2) is 0 Å². The standard InChI is InChI=1S/C12H17FO3/c1-9(2)15-7-11(14)8-16-12-5-3-10(13)4-6-12/h3-6,9,11,14H,7-8H2,1-2H3. The topological polar surface area (TPSA) is 38.7 Å². The van der Waals surface area contributed by atoms with Gasteiger partial charge in [-0.1, -0.05) is 0 Å². The van der Waals surface area contributed by atoms with Crippen molar-refractivity contribution >= 4 is 0 Å². The SMILES string of the molecule is CC(C)OCC(O)COc1ccc(F)cc1. The molecule has 0 radical (unpaired) electrons. The van der Waals surface area contributed by atoms with Crippen molar-refractivity contribution in [1.82, 2.24) is 0 Å². The van der Waals surface area contributed by atoms with E-state index in [0.29, 0.717) is 5.75 Å². The van der Waals surface area contributed by atoms with Crippen LogP contribution in [0.25, 0.3) is 0 Å². The highest BCUT2D eigenvalue weighted by atomic mass is 19.1. The van der Waals surface area contributed by atoms with Crippen molar-refractivity contribution in [1.29, 1.82) is 0 Å². The molecule has 0 aromatic heterocycles. The molecule has 3 nitrogen and oxygen atoms in total. The van der Waals surface area contributed by atoms with Crippen LogP contribution >= 0.6 is 0 Å². The largest absolute Gasteiger partial charge is 0.491 e. The summed E-state index contributed by atoms with van der Waals surface area (Å²) in [5.41, 5.74) is 0. The van der Waals surface area contributed by atoms with Crippen molar-refractivity contribution in [2.45, 2.75) is 26.1 Å². The van der Waals surface area contributed by atoms with Crippen molar-refractivity contribution in [2.75, 3.05) is 13.2 Å². The fourth-order valence-electron chi connectivity index (χ4n) is 1.07. The van der Waals surface area contributed by atoms with Crippen LogP contribution in [0.5, 0.6) is 5.75 Å². The molecule has 0 bridgehead atoms. The summed E-state index contributed by atoms with van der Waals surface area (Å²) < 4.78 is 23.0. The van der Waals surface area contributed by atoms with E-state index in [4.69, 9.17) is 9.47 Å². The van der Waals surface area contributed by atoms with Gasteiger partial charge < -0.3 is 14.6 Å². The molecule has 1 aromatic rings. The lowest BCUT2D eigenvalue weighted by Gasteiger charge is -2.14. The maximum atomic E-state index is 12.6. The van der Waals surface area contributed by atoms with E-state index in [1.165, 1.54) is 24.3 Å². The van der Waals surface area contributed by atoms with Crippen LogP contribution in [0.15, 0.2) is 24.3 Å². The smallest absolute Gasteiger partial charge is 0.123 e. The Bertz CT molecular complexity index is 298. The molecule has 1 unspecified atom stereocenters. The highest BCUT2D eigenvalue weighted by molar-refractivity contribution is 5.22. The molecule has 0 saturated heterocycles. The second kappa shape index (κ2) is 6.45. The average molecular weight is 228 g/mol. The maximum Gasteiger partial charge on any atom is 0.123 e. The molecule has 0 aliphatic rings. The van der Waals surface area contributed by atoms with E-state index >= 15 is 0 Å². The Balaban J connectivity index is 2.26. The zero-order chi connectivity index (χ0) is 12.0. The third-order valence-corrected chi connectivity index (χ3v) is 1.88. The molecule has 90 valence electrons. The van der Waals surface area contributed by atoms with Gasteiger partial charge in [0.1, 0.15) is 24.3 Å². The number of benzene rings is 1. The fourth-order valence-corrected chi connectivity index (χ4v) is 1.07. The van der Waals surface area contributed by atoms with E-state index in [9.17, 15) is 9.50 Å². The van der Waals surface area contributed by atoms with Gasteiger partial charge in [-0.05, 0) is 38.1 Å². The minimum atomic E-state index is -0.674. The Kier molecular flexibility index (Phi) is 5.22. The Morgan fingerprint density at radius 3 is 2.38 bits per heavy atom. The predicted octanol–water partition coefficient (Wildman–Crippen LogP) is 1.99. The van der Waals surface area contributed by atoms with Gasteiger partial charge in [0, 0.05) is 0 Å². The minimum Gasteiger partial charge on any atom is -0.491 e. The van der Waals surface area contributed by atoms with Crippen LogP contribution in [0.4, 0.5) is 4.39 Å². The number of aliphatic hydroxyl groups is 1. The summed E-state index contributed by atoms with van der Waals surface area (Å²) in [5, 5.41) is 9.49. The van der Waals surface area contributed by atoms with E-state index in [1.54, 1.807) is 0 Å². The van der Waals surface area contributed by atoms with Crippen LogP contribution < -0.4 is 4.74 Å². The molecule has 0 spiro atoms. The van der Waals surface area contributed by atoms with Crippen molar-refractivity contribution in [3.63, 3.8) is 0 Å². The summed E-state index contributed by atoms with van der Waals surface area (Å²) in [6.45, 7) is 4.16. The van der Waals surface area contributed by atoms with Crippen LogP contribution in [0.1, 0.15) is 13.8 Å². The van der Waals surface area contributed by atoms with Gasteiger partial charge in [0.05, 0.1) is 12.7 Å². The van der Waals surface area contributed by atoms with E-state index in [2.05, 4.69) is 0 Å². The molecule has 1 aromatic carbocycles. The first-order chi connectivity index (χ1) is 7.58. The fraction of sp³-hybridized carbons (Fsp3) is 0.500. The number of aliphatic hydroxyl groups excluding tert-OH is 1. The summed E-state index contributed by atoms with van der Waals surface area (Å²) in [6.07, 6.45) is -0.590. The van der Waals surface area contributed by atoms with Gasteiger partial charge in [0.2, 0.25) is 0 Å². The monoisotopic (exact) mass is 228 g/mol. The van der Waals surface area contributed by atoms with Crippen LogP contribution in [-0.2, 0) is 4.74 Å². The second-order valence-electron chi connectivity index (χ2n) is 3.80. The molecule has 1 N–H and O–H groups in total. The minimum absolute atomic E-state index is 0.0838. The van der Waals surface area contributed by atoms with Crippen molar-refractivity contribution < 1.29 is 19.0 Å². The first-order valence-corrected chi connectivity index (χ1v) is 5.26. The predicted molar refractivity (Wildman–Crippen MR) is 59.0 cm³/mol. The Hall–Kier alpha value is -1.13. The van der Waals surface area contributed by atoms with E-state index in [-0.39, 0.29) is 25.1 Å². The number of halogens is 1. The molecular weight excluding hydrogens is 211 g/mol. The summed E-state index contributed by atoms with van der Waals surface area (Å²) in [4.78, 5) is 0. The lowest BCUT2D eigenvalue weighted by Crippen LogP contribution is -2.25. The summed E-state index contributed by atoms with van der Waals surface area (Å²) in [6, 6.07) is 5.66. The normalized spacial score (nSPS) is 12.8. The van der Waals surface area contributed by atoms with Crippen molar-refractivity contribution in [3.8, 4) is 5.75 Å². The highest BCUT2D eigenvalue weighted by Crippen LogP contribution is 2.11. The van der Waals surface area contributed by atoms with Crippen LogP contribution in [0, 0.1) is 5.82 Å². The molecule has 0 fully saturated rings. The molecule has 4 heteroatoms. The molecule has 16 heavy (non-hydrogen) atoms. The van der Waals surface area contributed by atoms with Crippen LogP contribution in [0.3, 0.4) is 0 Å². The molecule has 0 saturated carbocycles. The van der Waals surface area contributed by atoms with Crippen molar-refractivity contribution in [3.05, 3.63) is 30.1 Å². The zero-order valence-corrected chi connectivity index (χ0v) is 9.52. The third kappa shape index (κ3) is 5.09. The molecule has 0 aliphatic heterocycles. The number of ether oxygens (including phenoxy) is 2. The maximum absolute atomic E-state index is 12.6. The summed E-state index contributed by atoms with van der Waals surface area (Å²) in [7, 11) is 0. The van der Waals surface area contributed by atoms with E-state index in [1.807, 2.05) is 13.8 Å². The lowest BCUT2D eigenvalue weighted by atomic mass is 10.3. The van der Waals surface area contributed by atoms with Crippen LogP contribution in [0.2, 0.25) is 0 Å². The van der Waals surface area contributed by atoms with Crippen LogP contribution in [-0.4, -0.2) is 30.5 Å². The van der Waals surface area contributed by atoms with Gasteiger partial charge in [-0.2, -0.15) is 0 Å². The van der Waals surface area contributed by atoms with Gasteiger partial charge in [-0.15, -0.1) is 0 Å². The highest BCUT2D eigenvalue weighted by Gasteiger charge is 2.06. The van der Waals surface area contributed by atoms with Gasteiger partial charge in [-0.3, -0.25) is 0 Å². The van der Waals surface area contributed by atoms with E-state index < -0.39 is 6.10 Å². The number of rotatable bonds is 6. The molecular formula is C12H17FO3. The molecule has 1 rings (SSSR count). The first-order valence-electron chi connectivity index (χ1n) is 5.26. The number of hydrogen-bond donors (Lipinski definition) is 1. The average Bonchev–Trinajstić information content (AvgIpc) is 2.25. The lowest BCUT2D eigenvalue weighted by molar-refractivity contribution is -0.0122. The van der Waals surface area contributed by atoms with Gasteiger partial charge in [0.25, 0.3) is 0 Å². The quantitative estimate of drug-likeness (QED) is 0.809. The van der Waals surface area contributed by atoms with Gasteiger partial charge in [-0.25, -0.2) is 4.39 Å². The summed E-state index contributed by atoms with van der Waals surface area (Å²) in [5.74, 6) is 0.223. The van der Waals surface area contributed by atoms with Crippen molar-refractivity contribution in [2.24, 2.45) is 0 Å². The molecule has 0 amide bonds. The summed E-state index contributed by atoms with van der Waals surface area (Å²) >= 11 is 0. The Morgan fingerprint density at radius 2 is 1.81 bits per heavy atom. The first kappa shape index (κ1) is 12.9.